The lowest BCUT2D eigenvalue weighted by Gasteiger charge is -2.06. The van der Waals surface area contributed by atoms with Crippen LogP contribution in [-0.2, 0) is 14.8 Å². The van der Waals surface area contributed by atoms with E-state index in [0.29, 0.717) is 0 Å². The van der Waals surface area contributed by atoms with Crippen LogP contribution in [0.2, 0.25) is 0 Å². The monoisotopic (exact) mass is 260 g/mol. The fraction of sp³-hybridized carbons (Fsp3) is 0.333. The summed E-state index contributed by atoms with van der Waals surface area (Å²) >= 11 is 0. The number of aromatic amines is 1. The van der Waals surface area contributed by atoms with Crippen LogP contribution in [0.4, 0.5) is 0 Å². The van der Waals surface area contributed by atoms with Gasteiger partial charge in [-0.1, -0.05) is 13.8 Å². The number of amides is 1. The van der Waals surface area contributed by atoms with Crippen molar-refractivity contribution in [2.75, 3.05) is 0 Å². The lowest BCUT2D eigenvalue weighted by Crippen LogP contribution is -2.33. The number of nitrogens with one attached hydrogen (secondary N) is 2. The molecule has 17 heavy (non-hydrogen) atoms. The summed E-state index contributed by atoms with van der Waals surface area (Å²) in [6.07, 6.45) is 0. The Bertz CT molecular complexity index is 543. The fourth-order valence-corrected chi connectivity index (χ4v) is 2.06. The number of hydrogen-bond donors (Lipinski definition) is 3. The molecule has 1 amide bonds. The molecule has 0 aliphatic carbocycles. The summed E-state index contributed by atoms with van der Waals surface area (Å²) in [5.74, 6) is -2.42. The number of aromatic carboxylic acids is 1. The molecular weight excluding hydrogens is 248 g/mol. The minimum atomic E-state index is -4.04. The van der Waals surface area contributed by atoms with Crippen molar-refractivity contribution >= 4 is 21.9 Å². The molecule has 0 aromatic carbocycles. The molecule has 1 aromatic heterocycles. The van der Waals surface area contributed by atoms with Crippen molar-refractivity contribution in [1.82, 2.24) is 9.71 Å². The lowest BCUT2D eigenvalue weighted by atomic mass is 10.2. The van der Waals surface area contributed by atoms with Gasteiger partial charge in [-0.2, -0.15) is 8.42 Å². The minimum Gasteiger partial charge on any atom is -0.477 e. The Hall–Kier alpha value is -1.83. The summed E-state index contributed by atoms with van der Waals surface area (Å²) in [5, 5.41) is 8.26. The maximum atomic E-state index is 11.6. The molecule has 0 radical (unpaired) electrons. The average Bonchev–Trinajstić information content (AvgIpc) is 2.65. The van der Waals surface area contributed by atoms with Gasteiger partial charge in [0.2, 0.25) is 5.91 Å². The summed E-state index contributed by atoms with van der Waals surface area (Å²) in [4.78, 5) is 24.0. The van der Waals surface area contributed by atoms with Gasteiger partial charge in [0.05, 0.1) is 0 Å². The van der Waals surface area contributed by atoms with E-state index in [1.165, 1.54) is 0 Å². The number of H-pyrrole nitrogens is 1. The third-order valence-corrected chi connectivity index (χ3v) is 3.23. The van der Waals surface area contributed by atoms with Crippen molar-refractivity contribution in [2.45, 2.75) is 18.9 Å². The average molecular weight is 260 g/mol. The number of hydrogen-bond acceptors (Lipinski definition) is 4. The van der Waals surface area contributed by atoms with E-state index in [9.17, 15) is 18.0 Å². The predicted molar refractivity (Wildman–Crippen MR) is 57.9 cm³/mol. The molecule has 0 aliphatic heterocycles. The van der Waals surface area contributed by atoms with E-state index in [-0.39, 0.29) is 10.7 Å². The van der Waals surface area contributed by atoms with Gasteiger partial charge in [0.25, 0.3) is 10.0 Å². The summed E-state index contributed by atoms with van der Waals surface area (Å²) in [6.45, 7) is 3.09. The predicted octanol–water partition coefficient (Wildman–Crippen LogP) is 0.174. The first-order valence-electron chi connectivity index (χ1n) is 4.73. The van der Waals surface area contributed by atoms with E-state index in [1.807, 2.05) is 4.72 Å². The second kappa shape index (κ2) is 4.58. The summed E-state index contributed by atoms with van der Waals surface area (Å²) in [7, 11) is -4.04. The first kappa shape index (κ1) is 13.2. The second-order valence-electron chi connectivity index (χ2n) is 3.67. The van der Waals surface area contributed by atoms with Gasteiger partial charge in [-0.3, -0.25) is 4.79 Å². The van der Waals surface area contributed by atoms with Crippen LogP contribution in [0.1, 0.15) is 24.3 Å². The van der Waals surface area contributed by atoms with E-state index in [1.54, 1.807) is 13.8 Å². The zero-order chi connectivity index (χ0) is 13.2. The van der Waals surface area contributed by atoms with Crippen molar-refractivity contribution in [1.29, 1.82) is 0 Å². The van der Waals surface area contributed by atoms with Gasteiger partial charge in [-0.05, 0) is 12.1 Å². The third-order valence-electron chi connectivity index (χ3n) is 1.94. The van der Waals surface area contributed by atoms with E-state index in [4.69, 9.17) is 5.11 Å². The van der Waals surface area contributed by atoms with E-state index in [0.717, 1.165) is 12.1 Å². The topological polar surface area (TPSA) is 116 Å². The van der Waals surface area contributed by atoms with Crippen LogP contribution in [-0.4, -0.2) is 30.4 Å². The van der Waals surface area contributed by atoms with Crippen molar-refractivity contribution < 1.29 is 23.1 Å². The zero-order valence-corrected chi connectivity index (χ0v) is 10.0. The molecule has 0 aliphatic rings. The standard InChI is InChI=1S/C9H12N2O5S/c1-5(2)8(12)11-17(15,16)7-4-3-6(10-7)9(13)14/h3-5,10H,1-2H3,(H,11,12)(H,13,14). The van der Waals surface area contributed by atoms with Crippen LogP contribution < -0.4 is 4.72 Å². The van der Waals surface area contributed by atoms with Gasteiger partial charge in [0.15, 0.2) is 5.03 Å². The molecule has 0 atom stereocenters. The van der Waals surface area contributed by atoms with Gasteiger partial charge in [-0.25, -0.2) is 9.52 Å². The molecule has 0 saturated carbocycles. The Balaban J connectivity index is 2.97. The second-order valence-corrected chi connectivity index (χ2v) is 5.32. The maximum absolute atomic E-state index is 11.6. The van der Waals surface area contributed by atoms with Crippen LogP contribution in [0, 0.1) is 5.92 Å². The van der Waals surface area contributed by atoms with Gasteiger partial charge < -0.3 is 10.1 Å². The normalized spacial score (nSPS) is 11.5. The van der Waals surface area contributed by atoms with Gasteiger partial charge in [0, 0.05) is 5.92 Å². The first-order valence-corrected chi connectivity index (χ1v) is 6.21. The molecule has 0 unspecified atom stereocenters. The molecule has 0 spiro atoms. The summed E-state index contributed by atoms with van der Waals surface area (Å²) < 4.78 is 25.1. The number of aromatic nitrogens is 1. The summed E-state index contributed by atoms with van der Waals surface area (Å²) in [5.41, 5.74) is -0.262. The highest BCUT2D eigenvalue weighted by Gasteiger charge is 2.21. The molecule has 1 heterocycles. The van der Waals surface area contributed by atoms with Crippen LogP contribution in [0.5, 0.6) is 0 Å². The van der Waals surface area contributed by atoms with Crippen LogP contribution in [0.15, 0.2) is 17.2 Å². The Morgan fingerprint density at radius 3 is 2.35 bits per heavy atom. The van der Waals surface area contributed by atoms with Crippen LogP contribution >= 0.6 is 0 Å². The lowest BCUT2D eigenvalue weighted by molar-refractivity contribution is -0.122. The number of carbonyl (C=O) groups excluding carboxylic acids is 1. The fourth-order valence-electron chi connectivity index (χ4n) is 0.962. The molecular formula is C9H12N2O5S. The van der Waals surface area contributed by atoms with Gasteiger partial charge >= 0.3 is 5.97 Å². The van der Waals surface area contributed by atoms with E-state index in [2.05, 4.69) is 4.98 Å². The number of carboxylic acids is 1. The Kier molecular flexibility index (Phi) is 3.56. The third kappa shape index (κ3) is 3.06. The van der Waals surface area contributed by atoms with Crippen molar-refractivity contribution in [3.05, 3.63) is 17.8 Å². The SMILES string of the molecule is CC(C)C(=O)NS(=O)(=O)c1ccc(C(=O)O)[nH]1. The molecule has 8 heteroatoms. The zero-order valence-electron chi connectivity index (χ0n) is 9.22. The molecule has 0 bridgehead atoms. The first-order chi connectivity index (χ1) is 7.74. The minimum absolute atomic E-state index is 0.262. The Morgan fingerprint density at radius 1 is 1.35 bits per heavy atom. The quantitative estimate of drug-likeness (QED) is 0.713. The summed E-state index contributed by atoms with van der Waals surface area (Å²) in [6, 6.07) is 2.19. The Morgan fingerprint density at radius 2 is 1.94 bits per heavy atom. The van der Waals surface area contributed by atoms with Crippen molar-refractivity contribution in [2.24, 2.45) is 5.92 Å². The van der Waals surface area contributed by atoms with Crippen LogP contribution in [0.3, 0.4) is 0 Å². The molecule has 7 nitrogen and oxygen atoms in total. The van der Waals surface area contributed by atoms with Gasteiger partial charge in [-0.15, -0.1) is 0 Å². The maximum Gasteiger partial charge on any atom is 0.352 e. The largest absolute Gasteiger partial charge is 0.477 e. The number of sulfonamides is 1. The smallest absolute Gasteiger partial charge is 0.352 e. The number of carbonyl (C=O) groups is 2. The van der Waals surface area contributed by atoms with Crippen molar-refractivity contribution in [3.8, 4) is 0 Å². The highest BCUT2D eigenvalue weighted by atomic mass is 32.2. The molecule has 0 saturated heterocycles. The van der Waals surface area contributed by atoms with Crippen LogP contribution in [0.25, 0.3) is 0 Å². The highest BCUT2D eigenvalue weighted by Crippen LogP contribution is 2.09. The highest BCUT2D eigenvalue weighted by molar-refractivity contribution is 7.90. The molecule has 0 fully saturated rings. The van der Waals surface area contributed by atoms with Gasteiger partial charge in [0.1, 0.15) is 5.69 Å². The Labute approximate surface area is 97.9 Å². The molecule has 94 valence electrons. The number of carboxylic acid groups (broad SMARTS) is 1. The molecule has 1 rings (SSSR count). The molecule has 1 aromatic rings. The van der Waals surface area contributed by atoms with E-state index >= 15 is 0 Å². The van der Waals surface area contributed by atoms with Crippen molar-refractivity contribution in [3.63, 3.8) is 0 Å². The van der Waals surface area contributed by atoms with E-state index < -0.39 is 27.8 Å². The molecule has 3 N–H and O–H groups in total. The number of rotatable bonds is 4.